The molecule has 0 heterocycles. The second-order valence-electron chi connectivity index (χ2n) is 6.40. The summed E-state index contributed by atoms with van der Waals surface area (Å²) in [5.41, 5.74) is 2.79. The highest BCUT2D eigenvalue weighted by molar-refractivity contribution is 6.08. The number of carbonyl (C=O) groups is 4. The average molecular weight is 329 g/mol. The van der Waals surface area contributed by atoms with E-state index in [1.165, 1.54) is 0 Å². The summed E-state index contributed by atoms with van der Waals surface area (Å²) in [6, 6.07) is 5.79. The van der Waals surface area contributed by atoms with Crippen molar-refractivity contribution in [3.8, 4) is 0 Å². The quantitative estimate of drug-likeness (QED) is 0.814. The molecule has 1 fully saturated rings. The molecule has 0 radical (unpaired) electrons. The number of amides is 1. The fourth-order valence-corrected chi connectivity index (χ4v) is 2.98. The molecule has 0 aliphatic heterocycles. The molecule has 24 heavy (non-hydrogen) atoms. The zero-order valence-corrected chi connectivity index (χ0v) is 14.2. The molecule has 5 nitrogen and oxygen atoms in total. The van der Waals surface area contributed by atoms with Gasteiger partial charge < -0.3 is 5.32 Å². The Hall–Kier alpha value is -2.30. The van der Waals surface area contributed by atoms with Crippen LogP contribution in [0.2, 0.25) is 0 Å². The molecule has 5 heteroatoms. The van der Waals surface area contributed by atoms with Crippen molar-refractivity contribution < 1.29 is 19.2 Å². The van der Waals surface area contributed by atoms with Gasteiger partial charge in [0.25, 0.3) is 0 Å². The van der Waals surface area contributed by atoms with Crippen LogP contribution in [0.4, 0.5) is 5.69 Å². The van der Waals surface area contributed by atoms with E-state index in [2.05, 4.69) is 5.32 Å². The first-order valence-electron chi connectivity index (χ1n) is 8.31. The van der Waals surface area contributed by atoms with Gasteiger partial charge in [0.2, 0.25) is 5.91 Å². The third-order valence-corrected chi connectivity index (χ3v) is 4.43. The topological polar surface area (TPSA) is 80.3 Å². The van der Waals surface area contributed by atoms with Gasteiger partial charge in [-0.15, -0.1) is 0 Å². The first kappa shape index (κ1) is 18.0. The van der Waals surface area contributed by atoms with E-state index in [1.54, 1.807) is 0 Å². The largest absolute Gasteiger partial charge is 0.326 e. The van der Waals surface area contributed by atoms with Crippen LogP contribution in [0, 0.1) is 19.8 Å². The number of carbonyl (C=O) groups excluding carboxylic acids is 4. The van der Waals surface area contributed by atoms with E-state index in [-0.39, 0.29) is 55.4 Å². The van der Waals surface area contributed by atoms with Crippen LogP contribution in [0.3, 0.4) is 0 Å². The summed E-state index contributed by atoms with van der Waals surface area (Å²) in [6.45, 7) is 3.86. The van der Waals surface area contributed by atoms with Crippen LogP contribution in [-0.4, -0.2) is 23.3 Å². The van der Waals surface area contributed by atoms with Gasteiger partial charge in [-0.25, -0.2) is 0 Å². The SMILES string of the molecule is Cc1cccc(C)c1NC(=O)CCCC(=O)[C@H]1CC(=O)CCC1=O. The summed E-state index contributed by atoms with van der Waals surface area (Å²) >= 11 is 0. The van der Waals surface area contributed by atoms with Gasteiger partial charge in [0.15, 0.2) is 0 Å². The predicted octanol–water partition coefficient (Wildman–Crippen LogP) is 2.92. The molecule has 1 aliphatic carbocycles. The Balaban J connectivity index is 1.81. The van der Waals surface area contributed by atoms with Crippen LogP contribution < -0.4 is 5.32 Å². The van der Waals surface area contributed by atoms with E-state index >= 15 is 0 Å². The predicted molar refractivity (Wildman–Crippen MR) is 90.8 cm³/mol. The monoisotopic (exact) mass is 329 g/mol. The van der Waals surface area contributed by atoms with Crippen LogP contribution in [-0.2, 0) is 19.2 Å². The molecule has 1 atom stereocenters. The van der Waals surface area contributed by atoms with Crippen LogP contribution in [0.1, 0.15) is 49.7 Å². The van der Waals surface area contributed by atoms with Gasteiger partial charge in [-0.05, 0) is 31.4 Å². The van der Waals surface area contributed by atoms with Crippen molar-refractivity contribution in [2.75, 3.05) is 5.32 Å². The molecule has 0 bridgehead atoms. The normalized spacial score (nSPS) is 17.7. The number of benzene rings is 1. The lowest BCUT2D eigenvalue weighted by Crippen LogP contribution is -2.31. The maximum absolute atomic E-state index is 12.1. The molecule has 0 unspecified atom stereocenters. The lowest BCUT2D eigenvalue weighted by Gasteiger charge is -2.18. The van der Waals surface area contributed by atoms with Crippen LogP contribution in [0.25, 0.3) is 0 Å². The molecule has 0 aromatic heterocycles. The number of aryl methyl sites for hydroxylation is 2. The summed E-state index contributed by atoms with van der Waals surface area (Å²) in [5, 5.41) is 2.88. The van der Waals surface area contributed by atoms with Gasteiger partial charge in [-0.1, -0.05) is 18.2 Å². The van der Waals surface area contributed by atoms with E-state index < -0.39 is 5.92 Å². The molecular formula is C19H23NO4. The van der Waals surface area contributed by atoms with Gasteiger partial charge in [0.1, 0.15) is 17.3 Å². The zero-order valence-electron chi connectivity index (χ0n) is 14.2. The maximum atomic E-state index is 12.1. The molecule has 1 saturated carbocycles. The van der Waals surface area contributed by atoms with E-state index in [1.807, 2.05) is 32.0 Å². The fraction of sp³-hybridized carbons (Fsp3) is 0.474. The number of hydrogen-bond acceptors (Lipinski definition) is 4. The van der Waals surface area contributed by atoms with Crippen molar-refractivity contribution in [3.63, 3.8) is 0 Å². The molecule has 128 valence electrons. The van der Waals surface area contributed by atoms with E-state index in [0.29, 0.717) is 6.42 Å². The first-order chi connectivity index (χ1) is 11.4. The number of ketones is 3. The van der Waals surface area contributed by atoms with Gasteiger partial charge in [0.05, 0.1) is 5.92 Å². The second kappa shape index (κ2) is 7.99. The highest BCUT2D eigenvalue weighted by Crippen LogP contribution is 2.22. The number of nitrogens with one attached hydrogen (secondary N) is 1. The average Bonchev–Trinajstić information content (AvgIpc) is 2.53. The summed E-state index contributed by atoms with van der Waals surface area (Å²) in [7, 11) is 0. The third-order valence-electron chi connectivity index (χ3n) is 4.43. The number of anilines is 1. The number of hydrogen-bond donors (Lipinski definition) is 1. The Morgan fingerprint density at radius 3 is 2.42 bits per heavy atom. The summed E-state index contributed by atoms with van der Waals surface area (Å²) < 4.78 is 0. The van der Waals surface area contributed by atoms with Crippen molar-refractivity contribution in [3.05, 3.63) is 29.3 Å². The molecule has 1 aromatic carbocycles. The molecule has 1 amide bonds. The van der Waals surface area contributed by atoms with E-state index in [0.717, 1.165) is 16.8 Å². The van der Waals surface area contributed by atoms with Crippen molar-refractivity contribution in [1.29, 1.82) is 0 Å². The van der Waals surface area contributed by atoms with Gasteiger partial charge in [-0.3, -0.25) is 19.2 Å². The van der Waals surface area contributed by atoms with Gasteiger partial charge >= 0.3 is 0 Å². The Kier molecular flexibility index (Phi) is 6.01. The standard InChI is InChI=1S/C19H23NO4/c1-12-5-3-6-13(2)19(12)20-18(24)8-4-7-16(22)15-11-14(21)9-10-17(15)23/h3,5-6,15H,4,7-11H2,1-2H3,(H,20,24)/t15-/m1/s1. The molecule has 2 rings (SSSR count). The smallest absolute Gasteiger partial charge is 0.224 e. The van der Waals surface area contributed by atoms with E-state index in [4.69, 9.17) is 0 Å². The number of rotatable bonds is 6. The first-order valence-corrected chi connectivity index (χ1v) is 8.31. The van der Waals surface area contributed by atoms with E-state index in [9.17, 15) is 19.2 Å². The van der Waals surface area contributed by atoms with Gasteiger partial charge in [-0.2, -0.15) is 0 Å². The lowest BCUT2D eigenvalue weighted by molar-refractivity contribution is -0.139. The van der Waals surface area contributed by atoms with Crippen molar-refractivity contribution in [2.45, 2.75) is 52.4 Å². The minimum atomic E-state index is -0.784. The van der Waals surface area contributed by atoms with Crippen molar-refractivity contribution >= 4 is 28.9 Å². The van der Waals surface area contributed by atoms with Gasteiger partial charge in [0, 0.05) is 37.8 Å². The molecule has 1 aromatic rings. The van der Waals surface area contributed by atoms with Crippen LogP contribution in [0.15, 0.2) is 18.2 Å². The molecule has 1 N–H and O–H groups in total. The van der Waals surface area contributed by atoms with Crippen molar-refractivity contribution in [2.24, 2.45) is 5.92 Å². The Bertz CT molecular complexity index is 658. The maximum Gasteiger partial charge on any atom is 0.224 e. The lowest BCUT2D eigenvalue weighted by atomic mass is 9.83. The minimum absolute atomic E-state index is 0.0271. The Morgan fingerprint density at radius 1 is 1.08 bits per heavy atom. The number of para-hydroxylation sites is 1. The third kappa shape index (κ3) is 4.60. The summed E-state index contributed by atoms with van der Waals surface area (Å²) in [4.78, 5) is 47.3. The number of Topliss-reactive ketones (excluding diaryl/α,β-unsaturated/α-hetero) is 3. The molecular weight excluding hydrogens is 306 g/mol. The van der Waals surface area contributed by atoms with Crippen LogP contribution >= 0.6 is 0 Å². The second-order valence-corrected chi connectivity index (χ2v) is 6.40. The Morgan fingerprint density at radius 2 is 1.75 bits per heavy atom. The summed E-state index contributed by atoms with van der Waals surface area (Å²) in [6.07, 6.45) is 1.21. The molecule has 1 aliphatic rings. The molecule has 0 saturated heterocycles. The zero-order chi connectivity index (χ0) is 17.7. The highest BCUT2D eigenvalue weighted by atomic mass is 16.2. The van der Waals surface area contributed by atoms with Crippen LogP contribution in [0.5, 0.6) is 0 Å². The molecule has 0 spiro atoms. The van der Waals surface area contributed by atoms with Crippen molar-refractivity contribution in [1.82, 2.24) is 0 Å². The summed E-state index contributed by atoms with van der Waals surface area (Å²) in [5.74, 6) is -1.31. The minimum Gasteiger partial charge on any atom is -0.326 e. The Labute approximate surface area is 141 Å². The fourth-order valence-electron chi connectivity index (χ4n) is 2.98. The highest BCUT2D eigenvalue weighted by Gasteiger charge is 2.32.